The minimum atomic E-state index is -3.05. The van der Waals surface area contributed by atoms with E-state index in [9.17, 15) is 13.6 Å². The molecular formula is C18H23BrF2N4O3. The number of amides is 1. The molecule has 0 unspecified atom stereocenters. The lowest BCUT2D eigenvalue weighted by molar-refractivity contribution is -0.119. The van der Waals surface area contributed by atoms with Gasteiger partial charge in [-0.3, -0.25) is 9.80 Å². The summed E-state index contributed by atoms with van der Waals surface area (Å²) < 4.78 is 36.0. The predicted molar refractivity (Wildman–Crippen MR) is 104 cm³/mol. The van der Waals surface area contributed by atoms with Gasteiger partial charge in [0.2, 0.25) is 0 Å². The van der Waals surface area contributed by atoms with Crippen LogP contribution in [0.5, 0.6) is 0 Å². The molecule has 1 aliphatic heterocycles. The van der Waals surface area contributed by atoms with Crippen molar-refractivity contribution in [2.45, 2.75) is 38.8 Å². The fraction of sp³-hybridized carbons (Fsp3) is 0.389. The van der Waals surface area contributed by atoms with Crippen molar-refractivity contribution in [2.24, 2.45) is 5.73 Å². The van der Waals surface area contributed by atoms with Gasteiger partial charge in [-0.2, -0.15) is 8.78 Å². The quantitative estimate of drug-likeness (QED) is 0.278. The number of alkyl halides is 2. The fourth-order valence-corrected chi connectivity index (χ4v) is 2.62. The van der Waals surface area contributed by atoms with Crippen LogP contribution in [0.1, 0.15) is 26.2 Å². The van der Waals surface area contributed by atoms with Crippen LogP contribution in [0.25, 0.3) is 0 Å². The Hall–Kier alpha value is -2.49. The van der Waals surface area contributed by atoms with E-state index in [-0.39, 0.29) is 29.6 Å². The topological polar surface area (TPSA) is 88.9 Å². The fourth-order valence-electron chi connectivity index (χ4n) is 2.40. The molecule has 0 atom stereocenters. The van der Waals surface area contributed by atoms with Crippen molar-refractivity contribution in [3.05, 3.63) is 58.0 Å². The zero-order chi connectivity index (χ0) is 20.7. The monoisotopic (exact) mass is 460 g/mol. The van der Waals surface area contributed by atoms with E-state index in [2.05, 4.69) is 31.4 Å². The predicted octanol–water partition coefficient (Wildman–Crippen LogP) is 3.07. The Balaban J connectivity index is 2.23. The lowest BCUT2D eigenvalue weighted by Crippen LogP contribution is -2.31. The molecule has 0 radical (unpaired) electrons. The molecule has 1 saturated carbocycles. The normalized spacial score (nSPS) is 18.4. The number of carbonyl (C=O) groups excluding carboxylic acids is 1. The molecule has 1 amide bonds. The van der Waals surface area contributed by atoms with Crippen molar-refractivity contribution >= 4 is 21.8 Å². The highest BCUT2D eigenvalue weighted by Crippen LogP contribution is 2.25. The molecule has 7 nitrogen and oxygen atoms in total. The Morgan fingerprint density at radius 3 is 2.75 bits per heavy atom. The number of nitrogens with one attached hydrogen (secondary N) is 2. The highest BCUT2D eigenvalue weighted by Gasteiger charge is 2.28. The minimum absolute atomic E-state index is 0.0485. The average Bonchev–Trinajstić information content (AvgIpc) is 3.45. The van der Waals surface area contributed by atoms with Gasteiger partial charge < -0.3 is 25.9 Å². The van der Waals surface area contributed by atoms with Crippen LogP contribution >= 0.6 is 15.9 Å². The summed E-state index contributed by atoms with van der Waals surface area (Å²) in [4.78, 5) is 12.6. The minimum Gasteiger partial charge on any atom is -0.496 e. The van der Waals surface area contributed by atoms with Gasteiger partial charge in [-0.05, 0) is 47.8 Å². The van der Waals surface area contributed by atoms with E-state index in [1.54, 1.807) is 23.5 Å². The van der Waals surface area contributed by atoms with Gasteiger partial charge in [0.25, 0.3) is 5.91 Å². The van der Waals surface area contributed by atoms with E-state index < -0.39 is 12.5 Å². The number of hydrogen-bond donors (Lipinski definition) is 3. The number of ether oxygens (including phenoxy) is 2. The van der Waals surface area contributed by atoms with Gasteiger partial charge in [-0.15, -0.1) is 0 Å². The zero-order valence-corrected chi connectivity index (χ0v) is 17.1. The number of hydrogen-bond acceptors (Lipinski definition) is 6. The van der Waals surface area contributed by atoms with E-state index in [4.69, 9.17) is 10.5 Å². The van der Waals surface area contributed by atoms with Crippen LogP contribution in [0.3, 0.4) is 0 Å². The Morgan fingerprint density at radius 1 is 1.54 bits per heavy atom. The van der Waals surface area contributed by atoms with Crippen molar-refractivity contribution in [1.29, 1.82) is 0 Å². The van der Waals surface area contributed by atoms with Crippen molar-refractivity contribution < 1.29 is 23.0 Å². The van der Waals surface area contributed by atoms with E-state index in [1.165, 1.54) is 20.2 Å². The first-order valence-corrected chi connectivity index (χ1v) is 9.36. The molecule has 2 rings (SSSR count). The lowest BCUT2D eigenvalue weighted by Gasteiger charge is -2.25. The summed E-state index contributed by atoms with van der Waals surface area (Å²) >= 11 is 3.33. The van der Waals surface area contributed by atoms with Gasteiger partial charge in [0, 0.05) is 35.5 Å². The molecule has 0 aromatic rings. The van der Waals surface area contributed by atoms with E-state index in [0.29, 0.717) is 5.70 Å². The molecule has 1 aliphatic carbocycles. The van der Waals surface area contributed by atoms with Crippen LogP contribution in [0, 0.1) is 0 Å². The second-order valence-corrected chi connectivity index (χ2v) is 6.95. The Labute approximate surface area is 170 Å². The zero-order valence-electron chi connectivity index (χ0n) is 15.5. The van der Waals surface area contributed by atoms with Crippen LogP contribution in [0.4, 0.5) is 8.78 Å². The standard InChI is InChI=1S/C18H23BrF2N4O3/c1-11(28-18(20)21)16(17(26)24-13-3-4-13)15(27-2)6-5-14(9-22)25-8-7-12(19)10-23-25/h6-10,13,18,23H,3-5,22H2,1-2H3,(H,24,26)/b14-9-,15-6+,16-11-. The molecule has 1 fully saturated rings. The van der Waals surface area contributed by atoms with Gasteiger partial charge in [0.1, 0.15) is 17.1 Å². The molecule has 1 heterocycles. The first kappa shape index (κ1) is 21.8. The smallest absolute Gasteiger partial charge is 0.387 e. The number of allylic oxidation sites excluding steroid dienone is 4. The summed E-state index contributed by atoms with van der Waals surface area (Å²) in [6.45, 7) is -1.74. The molecule has 0 spiro atoms. The van der Waals surface area contributed by atoms with Gasteiger partial charge in [0.05, 0.1) is 12.8 Å². The first-order chi connectivity index (χ1) is 13.3. The lowest BCUT2D eigenvalue weighted by atomic mass is 10.1. The number of halogens is 3. The summed E-state index contributed by atoms with van der Waals surface area (Å²) in [5.41, 5.74) is 9.28. The number of nitrogens with two attached hydrogens (primary N) is 1. The number of rotatable bonds is 9. The molecular weight excluding hydrogens is 438 g/mol. The van der Waals surface area contributed by atoms with E-state index >= 15 is 0 Å². The number of carbonyl (C=O) groups is 1. The molecule has 10 heteroatoms. The Morgan fingerprint density at radius 2 is 2.25 bits per heavy atom. The van der Waals surface area contributed by atoms with Crippen molar-refractivity contribution in [3.8, 4) is 0 Å². The van der Waals surface area contributed by atoms with Crippen LogP contribution in [0.15, 0.2) is 58.0 Å². The summed E-state index contributed by atoms with van der Waals surface area (Å²) in [6.07, 6.45) is 10.3. The molecule has 2 aliphatic rings. The Bertz CT molecular complexity index is 743. The molecule has 4 N–H and O–H groups in total. The number of nitrogens with zero attached hydrogens (tertiary/aromatic N) is 1. The summed E-state index contributed by atoms with van der Waals surface area (Å²) in [5, 5.41) is 4.44. The second kappa shape index (κ2) is 10.2. The van der Waals surface area contributed by atoms with Crippen LogP contribution in [-0.2, 0) is 14.3 Å². The second-order valence-electron chi connectivity index (χ2n) is 6.04. The maximum Gasteiger partial charge on any atom is 0.387 e. The van der Waals surface area contributed by atoms with Crippen LogP contribution in [-0.4, -0.2) is 30.7 Å². The first-order valence-electron chi connectivity index (χ1n) is 8.56. The van der Waals surface area contributed by atoms with Gasteiger partial charge >= 0.3 is 6.61 Å². The highest BCUT2D eigenvalue weighted by atomic mass is 79.9. The van der Waals surface area contributed by atoms with Crippen LogP contribution < -0.4 is 16.5 Å². The van der Waals surface area contributed by atoms with Crippen molar-refractivity contribution in [3.63, 3.8) is 0 Å². The summed E-state index contributed by atoms with van der Waals surface area (Å²) in [6, 6.07) is 0.0485. The van der Waals surface area contributed by atoms with Crippen molar-refractivity contribution in [1.82, 2.24) is 15.8 Å². The van der Waals surface area contributed by atoms with Gasteiger partial charge in [-0.25, -0.2) is 0 Å². The third kappa shape index (κ3) is 6.29. The molecule has 0 bridgehead atoms. The third-order valence-corrected chi connectivity index (χ3v) is 4.44. The summed E-state index contributed by atoms with van der Waals surface area (Å²) in [5.74, 6) is -0.620. The number of hydrazine groups is 1. The molecule has 28 heavy (non-hydrogen) atoms. The molecule has 0 aromatic heterocycles. The highest BCUT2D eigenvalue weighted by molar-refractivity contribution is 9.11. The van der Waals surface area contributed by atoms with Gasteiger partial charge in [-0.1, -0.05) is 0 Å². The molecule has 0 aromatic carbocycles. The molecule has 0 saturated heterocycles. The molecule has 154 valence electrons. The van der Waals surface area contributed by atoms with E-state index in [1.807, 2.05) is 6.08 Å². The number of methoxy groups -OCH3 is 1. The summed E-state index contributed by atoms with van der Waals surface area (Å²) in [7, 11) is 1.36. The largest absolute Gasteiger partial charge is 0.496 e. The Kier molecular flexibility index (Phi) is 7.91. The van der Waals surface area contributed by atoms with Gasteiger partial charge in [0.15, 0.2) is 0 Å². The van der Waals surface area contributed by atoms with Crippen LogP contribution in [0.2, 0.25) is 0 Å². The SMILES string of the molecule is COC(=C/C/C(=C/N)N1C=CC(Br)=CN1)/C(C(=O)NC1CC1)=C(\C)OC(F)F. The maximum absolute atomic E-state index is 12.7. The van der Waals surface area contributed by atoms with E-state index in [0.717, 1.165) is 17.3 Å². The average molecular weight is 461 g/mol. The van der Waals surface area contributed by atoms with Crippen molar-refractivity contribution in [2.75, 3.05) is 7.11 Å². The third-order valence-electron chi connectivity index (χ3n) is 3.95. The maximum atomic E-state index is 12.7.